The van der Waals surface area contributed by atoms with Crippen molar-refractivity contribution in [2.45, 2.75) is 20.8 Å². The monoisotopic (exact) mass is 86.1 g/mol. The molecule has 0 heterocycles. The zero-order chi connectivity index (χ0) is 5.21. The molecular weight excluding hydrogens is 74.1 g/mol. The Morgan fingerprint density at radius 2 is 1.50 bits per heavy atom. The molecule has 0 aromatic rings. The fourth-order valence-corrected chi connectivity index (χ4v) is 0. The largest absolute Gasteiger partial charge is 0.257 e. The molecule has 0 saturated carbocycles. The molecule has 1 radical (unpaired) electrons. The Balaban J connectivity index is 3.17. The maximum absolute atomic E-state index is 6.85. The highest BCUT2D eigenvalue weighted by Gasteiger charge is 2.04. The van der Waals surface area contributed by atoms with Gasteiger partial charge in [-0.1, -0.05) is 20.8 Å². The second-order valence-corrected chi connectivity index (χ2v) is 2.74. The topological polar surface area (TPSA) is 23.8 Å². The summed E-state index contributed by atoms with van der Waals surface area (Å²) >= 11 is 0. The summed E-state index contributed by atoms with van der Waals surface area (Å²) in [7, 11) is 0. The molecule has 0 rings (SSSR count). The van der Waals surface area contributed by atoms with E-state index in [1.54, 1.807) is 0 Å². The first-order valence-corrected chi connectivity index (χ1v) is 2.21. The zero-order valence-electron chi connectivity index (χ0n) is 4.71. The summed E-state index contributed by atoms with van der Waals surface area (Å²) in [5.41, 5.74) is 7.06. The third kappa shape index (κ3) is 3.96. The number of hydrogen-bond donors (Lipinski definition) is 0. The van der Waals surface area contributed by atoms with E-state index < -0.39 is 0 Å². The van der Waals surface area contributed by atoms with Gasteiger partial charge in [0.2, 0.25) is 0 Å². The molecule has 1 N–H and O–H groups in total. The third-order valence-electron chi connectivity index (χ3n) is 0.530. The van der Waals surface area contributed by atoms with E-state index in [9.17, 15) is 0 Å². The summed E-state index contributed by atoms with van der Waals surface area (Å²) in [5, 5.41) is 0. The quantitative estimate of drug-likeness (QED) is 0.424. The van der Waals surface area contributed by atoms with Crippen molar-refractivity contribution in [2.24, 2.45) is 5.41 Å². The standard InChI is InChI=1S/C5H12N/c1-5(2,3)4-6/h6H,4H2,1-3H3. The van der Waals surface area contributed by atoms with Gasteiger partial charge in [0, 0.05) is 6.54 Å². The number of rotatable bonds is 0. The highest BCUT2D eigenvalue weighted by Crippen LogP contribution is 2.08. The van der Waals surface area contributed by atoms with Crippen molar-refractivity contribution >= 4 is 0 Å². The fourth-order valence-electron chi connectivity index (χ4n) is 0. The summed E-state index contributed by atoms with van der Waals surface area (Å²) in [6.07, 6.45) is 0. The Hall–Kier alpha value is -0.0400. The molecule has 0 aliphatic heterocycles. The van der Waals surface area contributed by atoms with Crippen LogP contribution >= 0.6 is 0 Å². The van der Waals surface area contributed by atoms with Gasteiger partial charge >= 0.3 is 0 Å². The fraction of sp³-hybridized carbons (Fsp3) is 1.00. The van der Waals surface area contributed by atoms with Crippen LogP contribution in [0.1, 0.15) is 20.8 Å². The second-order valence-electron chi connectivity index (χ2n) is 2.74. The van der Waals surface area contributed by atoms with Gasteiger partial charge in [0.1, 0.15) is 0 Å². The third-order valence-corrected chi connectivity index (χ3v) is 0.530. The van der Waals surface area contributed by atoms with Gasteiger partial charge in [0.15, 0.2) is 0 Å². The Bertz CT molecular complexity index is 33.7. The van der Waals surface area contributed by atoms with Gasteiger partial charge in [0.25, 0.3) is 0 Å². The molecule has 0 amide bonds. The van der Waals surface area contributed by atoms with Crippen LogP contribution in [0.15, 0.2) is 0 Å². The molecule has 0 spiro atoms. The van der Waals surface area contributed by atoms with E-state index in [1.165, 1.54) is 0 Å². The first-order valence-electron chi connectivity index (χ1n) is 2.21. The molecule has 0 bridgehead atoms. The van der Waals surface area contributed by atoms with Crippen LogP contribution in [0, 0.1) is 5.41 Å². The van der Waals surface area contributed by atoms with Crippen LogP contribution in [0.2, 0.25) is 0 Å². The summed E-state index contributed by atoms with van der Waals surface area (Å²) in [5.74, 6) is 0. The van der Waals surface area contributed by atoms with Gasteiger partial charge in [-0.3, -0.25) is 5.73 Å². The average molecular weight is 86.2 g/mol. The van der Waals surface area contributed by atoms with Crippen molar-refractivity contribution in [3.8, 4) is 0 Å². The second kappa shape index (κ2) is 1.61. The first-order chi connectivity index (χ1) is 2.56. The number of nitrogens with one attached hydrogen (secondary N) is 1. The molecule has 37 valence electrons. The minimum atomic E-state index is 0.208. The van der Waals surface area contributed by atoms with Crippen molar-refractivity contribution in [2.75, 3.05) is 6.54 Å². The lowest BCUT2D eigenvalue weighted by atomic mass is 9.98. The van der Waals surface area contributed by atoms with Crippen LogP contribution < -0.4 is 5.73 Å². The van der Waals surface area contributed by atoms with Gasteiger partial charge in [-0.25, -0.2) is 0 Å². The molecule has 0 saturated heterocycles. The Kier molecular flexibility index (Phi) is 1.59. The molecule has 0 fully saturated rings. The van der Waals surface area contributed by atoms with Gasteiger partial charge in [-0.15, -0.1) is 0 Å². The molecule has 6 heavy (non-hydrogen) atoms. The molecule has 0 aromatic heterocycles. The first kappa shape index (κ1) is 5.96. The molecule has 0 aliphatic carbocycles. The maximum Gasteiger partial charge on any atom is 0.0148 e. The molecule has 0 unspecified atom stereocenters. The van der Waals surface area contributed by atoms with Crippen LogP contribution in [0.25, 0.3) is 0 Å². The van der Waals surface area contributed by atoms with Crippen LogP contribution in [0.5, 0.6) is 0 Å². The van der Waals surface area contributed by atoms with Crippen LogP contribution in [-0.4, -0.2) is 6.54 Å². The predicted octanol–water partition coefficient (Wildman–Crippen LogP) is 1.32. The highest BCUT2D eigenvalue weighted by molar-refractivity contribution is 4.58. The van der Waals surface area contributed by atoms with Gasteiger partial charge < -0.3 is 0 Å². The molecule has 1 heteroatoms. The highest BCUT2D eigenvalue weighted by atomic mass is 14.6. The van der Waals surface area contributed by atoms with Crippen LogP contribution in [0.4, 0.5) is 0 Å². The van der Waals surface area contributed by atoms with E-state index in [0.29, 0.717) is 6.54 Å². The summed E-state index contributed by atoms with van der Waals surface area (Å²) in [4.78, 5) is 0. The van der Waals surface area contributed by atoms with E-state index in [2.05, 4.69) is 20.8 Å². The van der Waals surface area contributed by atoms with Crippen LogP contribution in [-0.2, 0) is 0 Å². The van der Waals surface area contributed by atoms with Crippen molar-refractivity contribution in [3.05, 3.63) is 0 Å². The van der Waals surface area contributed by atoms with Gasteiger partial charge in [0.05, 0.1) is 0 Å². The minimum absolute atomic E-state index is 0.208. The summed E-state index contributed by atoms with van der Waals surface area (Å²) < 4.78 is 0. The van der Waals surface area contributed by atoms with Crippen molar-refractivity contribution < 1.29 is 0 Å². The number of hydrogen-bond acceptors (Lipinski definition) is 0. The van der Waals surface area contributed by atoms with E-state index >= 15 is 0 Å². The van der Waals surface area contributed by atoms with E-state index in [4.69, 9.17) is 5.73 Å². The molecule has 0 aliphatic rings. The Morgan fingerprint density at radius 3 is 1.50 bits per heavy atom. The summed E-state index contributed by atoms with van der Waals surface area (Å²) in [6, 6.07) is 0. The van der Waals surface area contributed by atoms with E-state index in [1.807, 2.05) is 0 Å². The lowest BCUT2D eigenvalue weighted by molar-refractivity contribution is 0.422. The summed E-state index contributed by atoms with van der Waals surface area (Å²) in [6.45, 7) is 6.69. The van der Waals surface area contributed by atoms with E-state index in [-0.39, 0.29) is 5.41 Å². The molecular formula is C5H12N. The molecule has 1 nitrogen and oxygen atoms in total. The van der Waals surface area contributed by atoms with Crippen molar-refractivity contribution in [1.82, 2.24) is 5.73 Å². The smallest absolute Gasteiger partial charge is 0.0148 e. The van der Waals surface area contributed by atoms with Gasteiger partial charge in [-0.2, -0.15) is 0 Å². The minimum Gasteiger partial charge on any atom is -0.257 e. The maximum atomic E-state index is 6.85. The lowest BCUT2D eigenvalue weighted by Gasteiger charge is -2.11. The van der Waals surface area contributed by atoms with Crippen molar-refractivity contribution in [1.29, 1.82) is 0 Å². The van der Waals surface area contributed by atoms with E-state index in [0.717, 1.165) is 0 Å². The SMILES string of the molecule is CC(C)(C)C[NH]. The van der Waals surface area contributed by atoms with Gasteiger partial charge in [-0.05, 0) is 5.41 Å². The Labute approximate surface area is 39.5 Å². The average Bonchev–Trinajstić information content (AvgIpc) is 1.35. The zero-order valence-corrected chi connectivity index (χ0v) is 4.71. The normalized spacial score (nSPS) is 12.0. The molecule has 0 aromatic carbocycles. The lowest BCUT2D eigenvalue weighted by Crippen LogP contribution is -2.11. The Morgan fingerprint density at radius 1 is 1.33 bits per heavy atom. The van der Waals surface area contributed by atoms with Crippen molar-refractivity contribution in [3.63, 3.8) is 0 Å². The molecule has 0 atom stereocenters. The predicted molar refractivity (Wildman–Crippen MR) is 27.4 cm³/mol. The van der Waals surface area contributed by atoms with Crippen LogP contribution in [0.3, 0.4) is 0 Å².